The molecule has 5 nitrogen and oxygen atoms in total. The molecule has 1 atom stereocenters. The molecule has 6 heteroatoms. The van der Waals surface area contributed by atoms with Gasteiger partial charge in [0.05, 0.1) is 5.75 Å². The van der Waals surface area contributed by atoms with Crippen LogP contribution in [-0.2, 0) is 17.9 Å². The van der Waals surface area contributed by atoms with Gasteiger partial charge in [0.1, 0.15) is 5.37 Å². The van der Waals surface area contributed by atoms with Crippen LogP contribution in [0.2, 0.25) is 0 Å². The van der Waals surface area contributed by atoms with Gasteiger partial charge in [-0.2, -0.15) is 0 Å². The topological polar surface area (TPSA) is 62.3 Å². The molecule has 1 aliphatic heterocycles. The first-order valence-corrected chi connectivity index (χ1v) is 10.5. The van der Waals surface area contributed by atoms with E-state index in [1.807, 2.05) is 71.6 Å². The van der Waals surface area contributed by atoms with Crippen molar-refractivity contribution in [1.29, 1.82) is 0 Å². The van der Waals surface area contributed by atoms with Gasteiger partial charge in [-0.15, -0.1) is 11.8 Å². The second-order valence-electron chi connectivity index (χ2n) is 6.84. The van der Waals surface area contributed by atoms with E-state index in [1.165, 1.54) is 0 Å². The van der Waals surface area contributed by atoms with Crippen LogP contribution >= 0.6 is 11.8 Å². The number of pyridine rings is 1. The van der Waals surface area contributed by atoms with Crippen molar-refractivity contribution in [2.24, 2.45) is 0 Å². The van der Waals surface area contributed by atoms with E-state index in [0.29, 0.717) is 24.4 Å². The summed E-state index contributed by atoms with van der Waals surface area (Å²) < 4.78 is 0. The SMILES string of the molecule is O=C(NCc1cccnc1)c1ccc([C@H]2SCC(=O)N2Cc2ccccc2)cc1. The quantitative estimate of drug-likeness (QED) is 0.680. The van der Waals surface area contributed by atoms with Crippen LogP contribution in [0.3, 0.4) is 0 Å². The zero-order valence-electron chi connectivity index (χ0n) is 15.8. The third-order valence-corrected chi connectivity index (χ3v) is 6.05. The van der Waals surface area contributed by atoms with Crippen molar-refractivity contribution < 1.29 is 9.59 Å². The molecule has 1 aromatic heterocycles. The van der Waals surface area contributed by atoms with Crippen LogP contribution in [0.5, 0.6) is 0 Å². The second kappa shape index (κ2) is 8.92. The van der Waals surface area contributed by atoms with Gasteiger partial charge in [0.15, 0.2) is 0 Å². The molecule has 146 valence electrons. The maximum Gasteiger partial charge on any atom is 0.251 e. The van der Waals surface area contributed by atoms with Crippen molar-refractivity contribution in [2.45, 2.75) is 18.5 Å². The molecule has 0 saturated carbocycles. The van der Waals surface area contributed by atoms with Crippen molar-refractivity contribution in [1.82, 2.24) is 15.2 Å². The van der Waals surface area contributed by atoms with E-state index in [0.717, 1.165) is 16.7 Å². The molecule has 0 unspecified atom stereocenters. The largest absolute Gasteiger partial charge is 0.348 e. The summed E-state index contributed by atoms with van der Waals surface area (Å²) in [6, 6.07) is 21.3. The highest BCUT2D eigenvalue weighted by molar-refractivity contribution is 8.00. The number of rotatable bonds is 6. The molecule has 0 radical (unpaired) electrons. The molecule has 1 aliphatic rings. The number of carbonyl (C=O) groups is 2. The Morgan fingerprint density at radius 1 is 1.03 bits per heavy atom. The molecule has 1 N–H and O–H groups in total. The fourth-order valence-corrected chi connectivity index (χ4v) is 4.46. The van der Waals surface area contributed by atoms with E-state index < -0.39 is 0 Å². The maximum atomic E-state index is 12.4. The summed E-state index contributed by atoms with van der Waals surface area (Å²) >= 11 is 1.62. The minimum atomic E-state index is -0.128. The molecule has 2 aromatic carbocycles. The first kappa shape index (κ1) is 19.2. The number of thioether (sulfide) groups is 1. The van der Waals surface area contributed by atoms with Crippen LogP contribution in [0, 0.1) is 0 Å². The number of benzene rings is 2. The molecule has 0 aliphatic carbocycles. The Hall–Kier alpha value is -3.12. The first-order valence-electron chi connectivity index (χ1n) is 9.43. The van der Waals surface area contributed by atoms with Crippen LogP contribution in [0.1, 0.15) is 32.4 Å². The van der Waals surface area contributed by atoms with Gasteiger partial charge in [0.25, 0.3) is 5.91 Å². The summed E-state index contributed by atoms with van der Waals surface area (Å²) in [4.78, 5) is 30.7. The van der Waals surface area contributed by atoms with Gasteiger partial charge in [-0.3, -0.25) is 14.6 Å². The molecule has 3 aromatic rings. The Bertz CT molecular complexity index is 978. The van der Waals surface area contributed by atoms with Gasteiger partial charge in [-0.1, -0.05) is 48.5 Å². The average Bonchev–Trinajstić information content (AvgIpc) is 3.14. The van der Waals surface area contributed by atoms with Gasteiger partial charge in [0.2, 0.25) is 5.91 Å². The van der Waals surface area contributed by atoms with Crippen LogP contribution in [0.15, 0.2) is 79.1 Å². The summed E-state index contributed by atoms with van der Waals surface area (Å²) in [6.07, 6.45) is 3.44. The molecule has 2 heterocycles. The molecule has 0 spiro atoms. The molecule has 29 heavy (non-hydrogen) atoms. The molecular weight excluding hydrogens is 382 g/mol. The minimum Gasteiger partial charge on any atom is -0.348 e. The van der Waals surface area contributed by atoms with Gasteiger partial charge < -0.3 is 10.2 Å². The van der Waals surface area contributed by atoms with E-state index in [4.69, 9.17) is 0 Å². The fraction of sp³-hybridized carbons (Fsp3) is 0.174. The van der Waals surface area contributed by atoms with Gasteiger partial charge >= 0.3 is 0 Å². The number of hydrogen-bond donors (Lipinski definition) is 1. The van der Waals surface area contributed by atoms with Crippen LogP contribution in [0.25, 0.3) is 0 Å². The Morgan fingerprint density at radius 2 is 1.79 bits per heavy atom. The van der Waals surface area contributed by atoms with Crippen LogP contribution < -0.4 is 5.32 Å². The first-order chi connectivity index (χ1) is 14.2. The molecule has 1 saturated heterocycles. The predicted molar refractivity (Wildman–Crippen MR) is 114 cm³/mol. The Morgan fingerprint density at radius 3 is 2.52 bits per heavy atom. The van der Waals surface area contributed by atoms with Crippen molar-refractivity contribution in [2.75, 3.05) is 5.75 Å². The number of amides is 2. The third kappa shape index (κ3) is 4.66. The van der Waals surface area contributed by atoms with E-state index >= 15 is 0 Å². The lowest BCUT2D eigenvalue weighted by molar-refractivity contribution is -0.128. The Balaban J connectivity index is 1.42. The van der Waals surface area contributed by atoms with E-state index in [9.17, 15) is 9.59 Å². The molecular formula is C23H21N3O2S. The van der Waals surface area contributed by atoms with E-state index in [-0.39, 0.29) is 17.2 Å². The summed E-state index contributed by atoms with van der Waals surface area (Å²) in [7, 11) is 0. The summed E-state index contributed by atoms with van der Waals surface area (Å²) in [5.74, 6) is 0.490. The van der Waals surface area contributed by atoms with E-state index in [1.54, 1.807) is 24.2 Å². The van der Waals surface area contributed by atoms with Gasteiger partial charge in [-0.25, -0.2) is 0 Å². The molecule has 2 amide bonds. The highest BCUT2D eigenvalue weighted by atomic mass is 32.2. The van der Waals surface area contributed by atoms with Crippen molar-refractivity contribution >= 4 is 23.6 Å². The number of nitrogens with zero attached hydrogens (tertiary/aromatic N) is 2. The molecule has 0 bridgehead atoms. The zero-order valence-corrected chi connectivity index (χ0v) is 16.6. The van der Waals surface area contributed by atoms with Gasteiger partial charge in [-0.05, 0) is 34.9 Å². The highest BCUT2D eigenvalue weighted by Crippen LogP contribution is 2.39. The normalized spacial score (nSPS) is 16.1. The maximum absolute atomic E-state index is 12.4. The predicted octanol–water partition coefficient (Wildman–Crippen LogP) is 3.79. The highest BCUT2D eigenvalue weighted by Gasteiger charge is 2.32. The third-order valence-electron chi connectivity index (χ3n) is 4.80. The monoisotopic (exact) mass is 403 g/mol. The average molecular weight is 404 g/mol. The summed E-state index contributed by atoms with van der Waals surface area (Å²) in [5, 5.41) is 2.87. The molecule has 4 rings (SSSR count). The summed E-state index contributed by atoms with van der Waals surface area (Å²) in [5.41, 5.74) is 3.69. The minimum absolute atomic E-state index is 0.0322. The number of aromatic nitrogens is 1. The Kier molecular flexibility index (Phi) is 5.91. The number of nitrogens with one attached hydrogen (secondary N) is 1. The molecule has 1 fully saturated rings. The summed E-state index contributed by atoms with van der Waals surface area (Å²) in [6.45, 7) is 1.02. The zero-order chi connectivity index (χ0) is 20.1. The lowest BCUT2D eigenvalue weighted by Crippen LogP contribution is -2.27. The Labute approximate surface area is 174 Å². The number of hydrogen-bond acceptors (Lipinski definition) is 4. The fourth-order valence-electron chi connectivity index (χ4n) is 3.27. The standard InChI is InChI=1S/C23H21N3O2S/c27-21-16-29-23(26(21)15-17-5-2-1-3-6-17)20-10-8-19(9-11-20)22(28)25-14-18-7-4-12-24-13-18/h1-13,23H,14-16H2,(H,25,28)/t23-/m1/s1. The van der Waals surface area contributed by atoms with Crippen LogP contribution in [0.4, 0.5) is 0 Å². The lowest BCUT2D eigenvalue weighted by Gasteiger charge is -2.24. The van der Waals surface area contributed by atoms with Crippen molar-refractivity contribution in [3.63, 3.8) is 0 Å². The van der Waals surface area contributed by atoms with Crippen LogP contribution in [-0.4, -0.2) is 27.5 Å². The second-order valence-corrected chi connectivity index (χ2v) is 7.91. The lowest BCUT2D eigenvalue weighted by atomic mass is 10.1. The smallest absolute Gasteiger partial charge is 0.251 e. The van der Waals surface area contributed by atoms with Crippen molar-refractivity contribution in [3.05, 3.63) is 101 Å². The van der Waals surface area contributed by atoms with E-state index in [2.05, 4.69) is 10.3 Å². The van der Waals surface area contributed by atoms with Gasteiger partial charge in [0, 0.05) is 31.0 Å². The number of carbonyl (C=O) groups excluding carboxylic acids is 2. The van der Waals surface area contributed by atoms with Crippen molar-refractivity contribution in [3.8, 4) is 0 Å².